The Morgan fingerprint density at radius 1 is 0.600 bits per heavy atom. The summed E-state index contributed by atoms with van der Waals surface area (Å²) in [5.74, 6) is -3.31. The van der Waals surface area contributed by atoms with Gasteiger partial charge in [0.1, 0.15) is 12.6 Å². The predicted octanol–water partition coefficient (Wildman–Crippen LogP) is 6.69. The highest BCUT2D eigenvalue weighted by molar-refractivity contribution is 5.95. The number of amides is 2. The van der Waals surface area contributed by atoms with Gasteiger partial charge in [0.05, 0.1) is 12.0 Å². The fourth-order valence-corrected chi connectivity index (χ4v) is 6.59. The third-order valence-electron chi connectivity index (χ3n) is 9.13. The summed E-state index contributed by atoms with van der Waals surface area (Å²) < 4.78 is 5.78. The minimum Gasteiger partial charge on any atom is -0.480 e. The van der Waals surface area contributed by atoms with Crippen LogP contribution in [0.3, 0.4) is 0 Å². The van der Waals surface area contributed by atoms with E-state index in [0.717, 1.165) is 33.4 Å². The highest BCUT2D eigenvalue weighted by Gasteiger charge is 2.33. The van der Waals surface area contributed by atoms with Gasteiger partial charge in [0.25, 0.3) is 0 Å². The molecule has 6 rings (SSSR count). The molecule has 0 saturated heterocycles. The second-order valence-corrected chi connectivity index (χ2v) is 12.4. The molecule has 252 valence electrons. The average Bonchev–Trinajstić information content (AvgIpc) is 3.47. The first-order valence-electron chi connectivity index (χ1n) is 16.7. The van der Waals surface area contributed by atoms with Crippen molar-refractivity contribution in [3.63, 3.8) is 0 Å². The van der Waals surface area contributed by atoms with Crippen LogP contribution in [0.15, 0.2) is 140 Å². The van der Waals surface area contributed by atoms with Crippen molar-refractivity contribution in [3.8, 4) is 11.1 Å². The summed E-state index contributed by atoms with van der Waals surface area (Å²) in [6, 6.07) is 41.0. The van der Waals surface area contributed by atoms with E-state index in [1.165, 1.54) is 0 Å². The molecular weight excluding hydrogens is 628 g/mol. The molecule has 0 saturated carbocycles. The number of nitrogens with one attached hydrogen (secondary N) is 2. The lowest BCUT2D eigenvalue weighted by atomic mass is 9.89. The van der Waals surface area contributed by atoms with Gasteiger partial charge in [-0.25, -0.2) is 9.59 Å². The lowest BCUT2D eigenvalue weighted by molar-refractivity contribution is -0.142. The standard InChI is InChI=1S/C42H38N2O6/c45-39(26-35(30-18-8-3-9-19-30)40(46)43-38(41(47)48)25-29-16-6-2-7-17-29)37(24-28-14-4-1-5-15-28)44-42(49)50-27-36-33-22-12-10-20-31(33)32-21-11-13-23-34(32)36/h1-23,35-38H,24-27H2,(H,43,46)(H,44,49)(H,47,48)/t35-,37+,38+/m1/s1. The van der Waals surface area contributed by atoms with E-state index in [1.54, 1.807) is 54.6 Å². The molecule has 0 unspecified atom stereocenters. The maximum atomic E-state index is 14.1. The third kappa shape index (κ3) is 8.15. The number of carboxylic acid groups (broad SMARTS) is 1. The molecule has 3 atom stereocenters. The Morgan fingerprint density at radius 2 is 1.08 bits per heavy atom. The van der Waals surface area contributed by atoms with Crippen LogP contribution in [0.2, 0.25) is 0 Å². The van der Waals surface area contributed by atoms with Crippen LogP contribution in [0.25, 0.3) is 11.1 Å². The number of carbonyl (C=O) groups is 4. The van der Waals surface area contributed by atoms with Gasteiger partial charge in [-0.1, -0.05) is 140 Å². The Bertz CT molecular complexity index is 1900. The number of Topliss-reactive ketones (excluding diaryl/α,β-unsaturated/α-hetero) is 1. The number of aliphatic carboxylic acids is 1. The molecule has 50 heavy (non-hydrogen) atoms. The van der Waals surface area contributed by atoms with Gasteiger partial charge in [-0.3, -0.25) is 9.59 Å². The molecule has 0 aliphatic heterocycles. The normalized spacial score (nSPS) is 13.6. The molecule has 0 aromatic heterocycles. The summed E-state index contributed by atoms with van der Waals surface area (Å²) in [5, 5.41) is 15.4. The Hall–Kier alpha value is -6.02. The zero-order chi connectivity index (χ0) is 34.9. The van der Waals surface area contributed by atoms with Gasteiger partial charge in [-0.15, -0.1) is 0 Å². The van der Waals surface area contributed by atoms with Crippen molar-refractivity contribution in [2.45, 2.75) is 43.2 Å². The van der Waals surface area contributed by atoms with Gasteiger partial charge in [0.2, 0.25) is 5.91 Å². The SMILES string of the molecule is O=C(N[C@@H](Cc1ccccc1)C(=O)C[C@@H](C(=O)N[C@@H](Cc1ccccc1)C(=O)O)c1ccccc1)OCC1c2ccccc2-c2ccccc21. The average molecular weight is 667 g/mol. The van der Waals surface area contributed by atoms with Crippen LogP contribution < -0.4 is 10.6 Å². The van der Waals surface area contributed by atoms with Crippen molar-refractivity contribution in [2.24, 2.45) is 0 Å². The number of benzene rings is 5. The first-order valence-corrected chi connectivity index (χ1v) is 16.7. The summed E-state index contributed by atoms with van der Waals surface area (Å²) >= 11 is 0. The van der Waals surface area contributed by atoms with Gasteiger partial charge >= 0.3 is 12.1 Å². The Labute approximate surface area is 291 Å². The Balaban J connectivity index is 1.19. The van der Waals surface area contributed by atoms with Crippen LogP contribution in [0, 0.1) is 0 Å². The van der Waals surface area contributed by atoms with Gasteiger partial charge in [0, 0.05) is 18.8 Å². The van der Waals surface area contributed by atoms with Crippen molar-refractivity contribution in [1.82, 2.24) is 10.6 Å². The van der Waals surface area contributed by atoms with Crippen LogP contribution in [-0.2, 0) is 32.0 Å². The van der Waals surface area contributed by atoms with Crippen LogP contribution >= 0.6 is 0 Å². The molecule has 1 aliphatic carbocycles. The molecule has 8 heteroatoms. The molecular formula is C42H38N2O6. The van der Waals surface area contributed by atoms with Gasteiger partial charge < -0.3 is 20.5 Å². The molecule has 2 amide bonds. The van der Waals surface area contributed by atoms with E-state index in [1.807, 2.05) is 72.8 Å². The van der Waals surface area contributed by atoms with Crippen LogP contribution in [-0.4, -0.2) is 47.6 Å². The number of carbonyl (C=O) groups excluding carboxylic acids is 3. The molecule has 3 N–H and O–H groups in total. The monoisotopic (exact) mass is 666 g/mol. The third-order valence-corrected chi connectivity index (χ3v) is 9.13. The number of ether oxygens (including phenoxy) is 1. The number of hydrogen-bond donors (Lipinski definition) is 3. The van der Waals surface area contributed by atoms with Crippen molar-refractivity contribution < 1.29 is 29.0 Å². The summed E-state index contributed by atoms with van der Waals surface area (Å²) in [6.07, 6.45) is -0.749. The van der Waals surface area contributed by atoms with Crippen molar-refractivity contribution in [1.29, 1.82) is 0 Å². The second kappa shape index (κ2) is 15.9. The first kappa shape index (κ1) is 33.9. The molecule has 0 radical (unpaired) electrons. The number of ketones is 1. The van der Waals surface area contributed by atoms with Crippen LogP contribution in [0.5, 0.6) is 0 Å². The molecule has 1 aliphatic rings. The summed E-state index contributed by atoms with van der Waals surface area (Å²) in [5.41, 5.74) is 6.48. The maximum absolute atomic E-state index is 14.1. The van der Waals surface area contributed by atoms with E-state index < -0.39 is 36.0 Å². The number of alkyl carbamates (subject to hydrolysis) is 1. The highest BCUT2D eigenvalue weighted by atomic mass is 16.5. The lowest BCUT2D eigenvalue weighted by Crippen LogP contribution is -2.47. The fraction of sp³-hybridized carbons (Fsp3) is 0.190. The maximum Gasteiger partial charge on any atom is 0.407 e. The predicted molar refractivity (Wildman–Crippen MR) is 191 cm³/mol. The van der Waals surface area contributed by atoms with Crippen molar-refractivity contribution >= 4 is 23.8 Å². The van der Waals surface area contributed by atoms with Crippen LogP contribution in [0.1, 0.15) is 46.1 Å². The van der Waals surface area contributed by atoms with Crippen molar-refractivity contribution in [3.05, 3.63) is 167 Å². The van der Waals surface area contributed by atoms with Gasteiger partial charge in [-0.2, -0.15) is 0 Å². The number of fused-ring (bicyclic) bond motifs is 3. The number of hydrogen-bond acceptors (Lipinski definition) is 5. The minimum atomic E-state index is -1.20. The zero-order valence-corrected chi connectivity index (χ0v) is 27.4. The minimum absolute atomic E-state index is 0.0807. The van der Waals surface area contributed by atoms with E-state index in [4.69, 9.17) is 4.74 Å². The Morgan fingerprint density at radius 3 is 1.62 bits per heavy atom. The van der Waals surface area contributed by atoms with E-state index >= 15 is 0 Å². The fourth-order valence-electron chi connectivity index (χ4n) is 6.59. The smallest absolute Gasteiger partial charge is 0.407 e. The largest absolute Gasteiger partial charge is 0.480 e. The molecule has 0 fully saturated rings. The van der Waals surface area contributed by atoms with Gasteiger partial charge in [0.15, 0.2) is 5.78 Å². The zero-order valence-electron chi connectivity index (χ0n) is 27.4. The van der Waals surface area contributed by atoms with Crippen molar-refractivity contribution in [2.75, 3.05) is 6.61 Å². The molecule has 5 aromatic rings. The van der Waals surface area contributed by atoms with E-state index in [9.17, 15) is 24.3 Å². The molecule has 0 heterocycles. The quantitative estimate of drug-likeness (QED) is 0.121. The number of carboxylic acids is 1. The van der Waals surface area contributed by atoms with E-state index in [0.29, 0.717) is 5.56 Å². The van der Waals surface area contributed by atoms with Gasteiger partial charge in [-0.05, 0) is 45.4 Å². The number of rotatable bonds is 14. The first-order chi connectivity index (χ1) is 24.4. The topological polar surface area (TPSA) is 122 Å². The lowest BCUT2D eigenvalue weighted by Gasteiger charge is -2.24. The molecule has 0 spiro atoms. The summed E-state index contributed by atoms with van der Waals surface area (Å²) in [4.78, 5) is 53.5. The van der Waals surface area contributed by atoms with E-state index in [2.05, 4.69) is 22.8 Å². The summed E-state index contributed by atoms with van der Waals surface area (Å²) in [7, 11) is 0. The van der Waals surface area contributed by atoms with E-state index in [-0.39, 0.29) is 37.6 Å². The molecule has 8 nitrogen and oxygen atoms in total. The van der Waals surface area contributed by atoms with Crippen LogP contribution in [0.4, 0.5) is 4.79 Å². The molecule has 0 bridgehead atoms. The summed E-state index contributed by atoms with van der Waals surface area (Å²) in [6.45, 7) is 0.0825. The second-order valence-electron chi connectivity index (χ2n) is 12.4. The Kier molecular flexibility index (Phi) is 10.8. The highest BCUT2D eigenvalue weighted by Crippen LogP contribution is 2.44. The molecule has 5 aromatic carbocycles.